The molecule has 114 valence electrons. The van der Waals surface area contributed by atoms with Crippen LogP contribution in [-0.4, -0.2) is 20.2 Å². The first-order valence-corrected chi connectivity index (χ1v) is 7.51. The van der Waals surface area contributed by atoms with Crippen molar-refractivity contribution in [3.05, 3.63) is 32.7 Å². The van der Waals surface area contributed by atoms with Gasteiger partial charge in [-0.25, -0.2) is 4.79 Å². The van der Waals surface area contributed by atoms with Crippen LogP contribution in [0.25, 0.3) is 11.0 Å². The number of rotatable bonds is 4. The van der Waals surface area contributed by atoms with E-state index in [0.717, 1.165) is 21.1 Å². The van der Waals surface area contributed by atoms with E-state index in [-0.39, 0.29) is 5.69 Å². The Labute approximate surface area is 131 Å². The number of hydrogen-bond donors (Lipinski definition) is 1. The molecule has 0 amide bonds. The molecule has 0 saturated carbocycles. The first-order valence-electron chi connectivity index (χ1n) is 6.72. The normalized spacial score (nSPS) is 12.0. The molecule has 2 rings (SSSR count). The fourth-order valence-electron chi connectivity index (χ4n) is 2.31. The van der Waals surface area contributed by atoms with E-state index < -0.39 is 11.4 Å². The Kier molecular flexibility index (Phi) is 4.02. The smallest absolute Gasteiger partial charge is 0.328 e. The molecule has 0 fully saturated rings. The van der Waals surface area contributed by atoms with Crippen LogP contribution in [0.4, 0.5) is 0 Å². The Bertz CT molecular complexity index is 771. The summed E-state index contributed by atoms with van der Waals surface area (Å²) in [5.74, 6) is -0.799. The van der Waals surface area contributed by atoms with Gasteiger partial charge in [-0.15, -0.1) is 0 Å². The summed E-state index contributed by atoms with van der Waals surface area (Å²) in [6.45, 7) is 3.44. The molecule has 0 aliphatic heterocycles. The zero-order chi connectivity index (χ0) is 15.9. The van der Waals surface area contributed by atoms with Gasteiger partial charge in [-0.3, -0.25) is 13.9 Å². The van der Waals surface area contributed by atoms with Crippen LogP contribution in [0.1, 0.15) is 25.8 Å². The molecule has 0 unspecified atom stereocenters. The van der Waals surface area contributed by atoms with Gasteiger partial charge in [0.15, 0.2) is 0 Å². The van der Waals surface area contributed by atoms with Gasteiger partial charge in [0.1, 0.15) is 0 Å². The standard InChI is InChI=1S/C15H19BrN2O3/c1-15(2,13(19)20)6-5-9-7-11-12(8-10(9)16)18(4)14(21)17(11)3/h7-8H,5-6H2,1-4H3,(H,19,20). The molecular formula is C15H19BrN2O3. The van der Waals surface area contributed by atoms with Crippen LogP contribution in [0.5, 0.6) is 0 Å². The highest BCUT2D eigenvalue weighted by Gasteiger charge is 2.27. The molecule has 2 aromatic rings. The lowest BCUT2D eigenvalue weighted by molar-refractivity contribution is -0.147. The molecule has 0 aliphatic carbocycles. The number of carboxylic acid groups (broad SMARTS) is 1. The number of nitrogens with zero attached hydrogens (tertiary/aromatic N) is 2. The van der Waals surface area contributed by atoms with Gasteiger partial charge < -0.3 is 5.11 Å². The number of aromatic nitrogens is 2. The maximum absolute atomic E-state index is 11.9. The molecule has 6 heteroatoms. The molecule has 0 aliphatic rings. The molecule has 1 aromatic heterocycles. The van der Waals surface area contributed by atoms with Crippen molar-refractivity contribution in [3.63, 3.8) is 0 Å². The molecule has 0 spiro atoms. The van der Waals surface area contributed by atoms with Crippen LogP contribution in [0.15, 0.2) is 21.4 Å². The quantitative estimate of drug-likeness (QED) is 0.917. The highest BCUT2D eigenvalue weighted by molar-refractivity contribution is 9.10. The van der Waals surface area contributed by atoms with E-state index in [9.17, 15) is 14.7 Å². The van der Waals surface area contributed by atoms with Crippen molar-refractivity contribution < 1.29 is 9.90 Å². The predicted octanol–water partition coefficient (Wildman–Crippen LogP) is 2.68. The van der Waals surface area contributed by atoms with E-state index in [1.807, 2.05) is 12.1 Å². The van der Waals surface area contributed by atoms with Crippen molar-refractivity contribution in [3.8, 4) is 0 Å². The van der Waals surface area contributed by atoms with Crippen molar-refractivity contribution in [2.24, 2.45) is 19.5 Å². The molecule has 21 heavy (non-hydrogen) atoms. The summed E-state index contributed by atoms with van der Waals surface area (Å²) >= 11 is 3.52. The Hall–Kier alpha value is -1.56. The predicted molar refractivity (Wildman–Crippen MR) is 85.6 cm³/mol. The van der Waals surface area contributed by atoms with Gasteiger partial charge >= 0.3 is 11.7 Å². The minimum absolute atomic E-state index is 0.0695. The SMILES string of the molecule is Cn1c(=O)n(C)c2cc(CCC(C)(C)C(=O)O)c(Br)cc21. The molecule has 0 bridgehead atoms. The number of carboxylic acids is 1. The summed E-state index contributed by atoms with van der Waals surface area (Å²) in [4.78, 5) is 23.1. The summed E-state index contributed by atoms with van der Waals surface area (Å²) in [7, 11) is 3.48. The van der Waals surface area contributed by atoms with Crippen LogP contribution < -0.4 is 5.69 Å². The van der Waals surface area contributed by atoms with E-state index >= 15 is 0 Å². The molecule has 0 saturated heterocycles. The first kappa shape index (κ1) is 15.8. The molecule has 0 atom stereocenters. The van der Waals surface area contributed by atoms with Gasteiger partial charge in [0.2, 0.25) is 0 Å². The van der Waals surface area contributed by atoms with Gasteiger partial charge in [-0.05, 0) is 44.4 Å². The average Bonchev–Trinajstić information content (AvgIpc) is 2.61. The lowest BCUT2D eigenvalue weighted by atomic mass is 9.86. The fraction of sp³-hybridized carbons (Fsp3) is 0.467. The maximum atomic E-state index is 11.9. The van der Waals surface area contributed by atoms with Gasteiger partial charge in [0.25, 0.3) is 0 Å². The van der Waals surface area contributed by atoms with Gasteiger partial charge in [0, 0.05) is 18.6 Å². The van der Waals surface area contributed by atoms with Crippen molar-refractivity contribution >= 4 is 32.9 Å². The number of aliphatic carboxylic acids is 1. The Morgan fingerprint density at radius 1 is 1.24 bits per heavy atom. The van der Waals surface area contributed by atoms with Crippen LogP contribution in [0.3, 0.4) is 0 Å². The third-order valence-electron chi connectivity index (χ3n) is 4.04. The maximum Gasteiger partial charge on any atom is 0.328 e. The molecule has 1 heterocycles. The topological polar surface area (TPSA) is 64.2 Å². The number of aryl methyl sites for hydroxylation is 3. The highest BCUT2D eigenvalue weighted by atomic mass is 79.9. The first-order chi connectivity index (χ1) is 9.65. The minimum Gasteiger partial charge on any atom is -0.481 e. The second kappa shape index (κ2) is 5.33. The van der Waals surface area contributed by atoms with Gasteiger partial charge in [0.05, 0.1) is 16.4 Å². The Morgan fingerprint density at radius 3 is 2.29 bits per heavy atom. The van der Waals surface area contributed by atoms with Crippen LogP contribution in [0.2, 0.25) is 0 Å². The summed E-state index contributed by atoms with van der Waals surface area (Å²) in [5.41, 5.74) is 1.89. The van der Waals surface area contributed by atoms with Crippen molar-refractivity contribution in [2.45, 2.75) is 26.7 Å². The van der Waals surface area contributed by atoms with Crippen LogP contribution >= 0.6 is 15.9 Å². The molecule has 0 radical (unpaired) electrons. The van der Waals surface area contributed by atoms with Crippen LogP contribution in [0, 0.1) is 5.41 Å². The monoisotopic (exact) mass is 354 g/mol. The van der Waals surface area contributed by atoms with Gasteiger partial charge in [-0.1, -0.05) is 15.9 Å². The third kappa shape index (κ3) is 2.77. The molecule has 5 nitrogen and oxygen atoms in total. The highest BCUT2D eigenvalue weighted by Crippen LogP contribution is 2.29. The van der Waals surface area contributed by atoms with Crippen molar-refractivity contribution in [1.29, 1.82) is 0 Å². The van der Waals surface area contributed by atoms with E-state index in [2.05, 4.69) is 15.9 Å². The lowest BCUT2D eigenvalue weighted by Crippen LogP contribution is -2.24. The Balaban J connectivity index is 2.42. The van der Waals surface area contributed by atoms with Crippen LogP contribution in [-0.2, 0) is 25.3 Å². The summed E-state index contributed by atoms with van der Waals surface area (Å²) in [6.07, 6.45) is 1.17. The number of carbonyl (C=O) groups is 1. The fourth-order valence-corrected chi connectivity index (χ4v) is 2.84. The average molecular weight is 355 g/mol. The van der Waals surface area contributed by atoms with E-state index in [4.69, 9.17) is 0 Å². The second-order valence-corrected chi connectivity index (χ2v) is 6.88. The Morgan fingerprint density at radius 2 is 1.76 bits per heavy atom. The number of halogens is 1. The minimum atomic E-state index is -0.799. The molecule has 1 N–H and O–H groups in total. The molecule has 1 aromatic carbocycles. The largest absolute Gasteiger partial charge is 0.481 e. The summed E-state index contributed by atoms with van der Waals surface area (Å²) in [5, 5.41) is 9.18. The zero-order valence-electron chi connectivity index (χ0n) is 12.6. The van der Waals surface area contributed by atoms with Crippen molar-refractivity contribution in [2.75, 3.05) is 0 Å². The van der Waals surface area contributed by atoms with Gasteiger partial charge in [-0.2, -0.15) is 0 Å². The second-order valence-electron chi connectivity index (χ2n) is 6.02. The van der Waals surface area contributed by atoms with E-state index in [0.29, 0.717) is 12.8 Å². The van der Waals surface area contributed by atoms with E-state index in [1.165, 1.54) is 0 Å². The zero-order valence-corrected chi connectivity index (χ0v) is 14.2. The molecular weight excluding hydrogens is 336 g/mol. The number of fused-ring (bicyclic) bond motifs is 1. The number of benzene rings is 1. The number of imidazole rings is 1. The number of hydrogen-bond acceptors (Lipinski definition) is 2. The summed E-state index contributed by atoms with van der Waals surface area (Å²) < 4.78 is 4.11. The third-order valence-corrected chi connectivity index (χ3v) is 4.78. The lowest BCUT2D eigenvalue weighted by Gasteiger charge is -2.19. The van der Waals surface area contributed by atoms with Crippen molar-refractivity contribution in [1.82, 2.24) is 9.13 Å². The summed E-state index contributed by atoms with van der Waals surface area (Å²) in [6, 6.07) is 3.87. The van der Waals surface area contributed by atoms with E-state index in [1.54, 1.807) is 37.1 Å².